The second-order valence-corrected chi connectivity index (χ2v) is 5.82. The lowest BCUT2D eigenvalue weighted by Gasteiger charge is -2.11. The highest BCUT2D eigenvalue weighted by molar-refractivity contribution is 5.99. The van der Waals surface area contributed by atoms with E-state index in [1.54, 1.807) is 6.92 Å². The Morgan fingerprint density at radius 1 is 1.00 bits per heavy atom. The quantitative estimate of drug-likeness (QED) is 0.661. The molecule has 0 bridgehead atoms. The molecule has 0 aliphatic heterocycles. The molecule has 3 rings (SSSR count). The Morgan fingerprint density at radius 2 is 1.77 bits per heavy atom. The molecule has 26 heavy (non-hydrogen) atoms. The number of ketones is 1. The minimum atomic E-state index is -0.519. The van der Waals surface area contributed by atoms with E-state index < -0.39 is 5.82 Å². The summed E-state index contributed by atoms with van der Waals surface area (Å²) in [5, 5.41) is 4.85. The molecule has 3 aromatic carbocycles. The van der Waals surface area contributed by atoms with Crippen molar-refractivity contribution in [3.05, 3.63) is 72.0 Å². The third kappa shape index (κ3) is 4.06. The highest BCUT2D eigenvalue weighted by Crippen LogP contribution is 2.22. The Bertz CT molecular complexity index is 968. The molecule has 4 nitrogen and oxygen atoms in total. The van der Waals surface area contributed by atoms with Crippen molar-refractivity contribution in [1.29, 1.82) is 0 Å². The van der Waals surface area contributed by atoms with Crippen LogP contribution in [0.3, 0.4) is 0 Å². The fourth-order valence-electron chi connectivity index (χ4n) is 2.64. The van der Waals surface area contributed by atoms with Crippen LogP contribution >= 0.6 is 0 Å². The largest absolute Gasteiger partial charge is 0.483 e. The van der Waals surface area contributed by atoms with Gasteiger partial charge in [0.15, 0.2) is 12.4 Å². The normalized spacial score (nSPS) is 10.5. The summed E-state index contributed by atoms with van der Waals surface area (Å²) in [5.74, 6) is -0.921. The summed E-state index contributed by atoms with van der Waals surface area (Å²) in [6, 6.07) is 17.1. The average molecular weight is 351 g/mol. The summed E-state index contributed by atoms with van der Waals surface area (Å²) in [6.45, 7) is 1.41. The molecule has 0 aliphatic carbocycles. The molecule has 5 heteroatoms. The molecule has 0 aliphatic rings. The molecule has 0 saturated carbocycles. The highest BCUT2D eigenvalue weighted by Gasteiger charge is 2.14. The number of hydrogen-bond donors (Lipinski definition) is 1. The van der Waals surface area contributed by atoms with Gasteiger partial charge in [-0.3, -0.25) is 9.59 Å². The summed E-state index contributed by atoms with van der Waals surface area (Å²) in [7, 11) is 0. The maximum absolute atomic E-state index is 13.4. The molecule has 132 valence electrons. The van der Waals surface area contributed by atoms with E-state index in [1.165, 1.54) is 12.1 Å². The lowest BCUT2D eigenvalue weighted by atomic mass is 10.1. The molecule has 0 atom stereocenters. The van der Waals surface area contributed by atoms with Crippen molar-refractivity contribution in [2.24, 2.45) is 0 Å². The van der Waals surface area contributed by atoms with Crippen LogP contribution in [0.15, 0.2) is 60.7 Å². The lowest BCUT2D eigenvalue weighted by molar-refractivity contribution is -0.118. The number of carbonyl (C=O) groups is 2. The van der Waals surface area contributed by atoms with Gasteiger partial charge in [-0.15, -0.1) is 0 Å². The van der Waals surface area contributed by atoms with Crippen molar-refractivity contribution in [2.75, 3.05) is 11.9 Å². The number of amides is 1. The van der Waals surface area contributed by atoms with Crippen molar-refractivity contribution in [2.45, 2.75) is 13.3 Å². The van der Waals surface area contributed by atoms with Crippen LogP contribution in [-0.4, -0.2) is 18.3 Å². The van der Waals surface area contributed by atoms with E-state index in [0.717, 1.165) is 16.8 Å². The van der Waals surface area contributed by atoms with Crippen LogP contribution in [0.5, 0.6) is 5.75 Å². The van der Waals surface area contributed by atoms with Crippen LogP contribution in [0, 0.1) is 5.82 Å². The number of fused-ring (bicyclic) bond motifs is 1. The second-order valence-electron chi connectivity index (χ2n) is 5.82. The van der Waals surface area contributed by atoms with Crippen LogP contribution in [0.1, 0.15) is 23.7 Å². The first-order valence-corrected chi connectivity index (χ1v) is 8.31. The Kier molecular flexibility index (Phi) is 5.27. The van der Waals surface area contributed by atoms with E-state index in [9.17, 15) is 14.0 Å². The van der Waals surface area contributed by atoms with Crippen LogP contribution in [-0.2, 0) is 4.79 Å². The standard InChI is InChI=1S/C21H18FNO3/c1-2-19(24)18-12-16(22)8-10-20(18)26-13-21(25)23-17-9-7-14-5-3-4-6-15(14)11-17/h3-12H,2,13H2,1H3,(H,23,25). The van der Waals surface area contributed by atoms with Gasteiger partial charge in [0.25, 0.3) is 5.91 Å². The van der Waals surface area contributed by atoms with Gasteiger partial charge < -0.3 is 10.1 Å². The van der Waals surface area contributed by atoms with Crippen LogP contribution in [0.2, 0.25) is 0 Å². The van der Waals surface area contributed by atoms with Crippen molar-refractivity contribution < 1.29 is 18.7 Å². The van der Waals surface area contributed by atoms with Crippen molar-refractivity contribution in [3.63, 3.8) is 0 Å². The Balaban J connectivity index is 1.68. The first-order chi connectivity index (χ1) is 12.6. The van der Waals surface area contributed by atoms with Gasteiger partial charge >= 0.3 is 0 Å². The van der Waals surface area contributed by atoms with Crippen LogP contribution in [0.25, 0.3) is 10.8 Å². The van der Waals surface area contributed by atoms with Gasteiger partial charge in [-0.05, 0) is 41.1 Å². The first kappa shape index (κ1) is 17.6. The van der Waals surface area contributed by atoms with Gasteiger partial charge in [0.1, 0.15) is 11.6 Å². The number of halogens is 1. The molecule has 1 amide bonds. The van der Waals surface area contributed by atoms with E-state index in [4.69, 9.17) is 4.74 Å². The second kappa shape index (κ2) is 7.78. The van der Waals surface area contributed by atoms with Gasteiger partial charge in [0.05, 0.1) is 5.56 Å². The van der Waals surface area contributed by atoms with Crippen molar-refractivity contribution >= 4 is 28.2 Å². The number of rotatable bonds is 6. The maximum Gasteiger partial charge on any atom is 0.262 e. The zero-order chi connectivity index (χ0) is 18.5. The van der Waals surface area contributed by atoms with Crippen molar-refractivity contribution in [1.82, 2.24) is 0 Å². The van der Waals surface area contributed by atoms with Crippen LogP contribution in [0.4, 0.5) is 10.1 Å². The average Bonchev–Trinajstić information content (AvgIpc) is 2.66. The molecule has 1 N–H and O–H groups in total. The van der Waals surface area contributed by atoms with E-state index in [0.29, 0.717) is 5.69 Å². The third-order valence-corrected chi connectivity index (χ3v) is 3.96. The van der Waals surface area contributed by atoms with E-state index in [1.807, 2.05) is 42.5 Å². The zero-order valence-corrected chi connectivity index (χ0v) is 14.3. The fourth-order valence-corrected chi connectivity index (χ4v) is 2.64. The Morgan fingerprint density at radius 3 is 2.54 bits per heavy atom. The van der Waals surface area contributed by atoms with Crippen molar-refractivity contribution in [3.8, 4) is 5.75 Å². The molecular weight excluding hydrogens is 333 g/mol. The molecule has 3 aromatic rings. The lowest BCUT2D eigenvalue weighted by Crippen LogP contribution is -2.20. The molecule has 0 aromatic heterocycles. The van der Waals surface area contributed by atoms with Gasteiger partial charge in [0.2, 0.25) is 0 Å². The zero-order valence-electron chi connectivity index (χ0n) is 14.3. The molecule has 0 unspecified atom stereocenters. The predicted octanol–water partition coefficient (Wildman–Crippen LogP) is 4.59. The number of carbonyl (C=O) groups excluding carboxylic acids is 2. The summed E-state index contributed by atoms with van der Waals surface area (Å²) >= 11 is 0. The summed E-state index contributed by atoms with van der Waals surface area (Å²) in [4.78, 5) is 24.0. The molecule has 0 heterocycles. The summed E-state index contributed by atoms with van der Waals surface area (Å²) in [6.07, 6.45) is 0.225. The monoisotopic (exact) mass is 351 g/mol. The molecule has 0 fully saturated rings. The van der Waals surface area contributed by atoms with Gasteiger partial charge in [-0.1, -0.05) is 37.3 Å². The third-order valence-electron chi connectivity index (χ3n) is 3.96. The molecule has 0 radical (unpaired) electrons. The smallest absolute Gasteiger partial charge is 0.262 e. The SMILES string of the molecule is CCC(=O)c1cc(F)ccc1OCC(=O)Nc1ccc2ccccc2c1. The Hall–Kier alpha value is -3.21. The maximum atomic E-state index is 13.4. The fraction of sp³-hybridized carbons (Fsp3) is 0.143. The van der Waals surface area contributed by atoms with E-state index in [2.05, 4.69) is 5.32 Å². The molecule has 0 saturated heterocycles. The van der Waals surface area contributed by atoms with E-state index in [-0.39, 0.29) is 36.0 Å². The highest BCUT2D eigenvalue weighted by atomic mass is 19.1. The number of benzene rings is 3. The summed E-state index contributed by atoms with van der Waals surface area (Å²) in [5.41, 5.74) is 0.798. The first-order valence-electron chi connectivity index (χ1n) is 8.31. The van der Waals surface area contributed by atoms with Gasteiger partial charge in [-0.25, -0.2) is 4.39 Å². The van der Waals surface area contributed by atoms with Gasteiger partial charge in [-0.2, -0.15) is 0 Å². The minimum absolute atomic E-state index is 0.144. The predicted molar refractivity (Wildman–Crippen MR) is 99.1 cm³/mol. The number of Topliss-reactive ketones (excluding diaryl/α,β-unsaturated/α-hetero) is 1. The number of nitrogens with one attached hydrogen (secondary N) is 1. The number of anilines is 1. The topological polar surface area (TPSA) is 55.4 Å². The minimum Gasteiger partial charge on any atom is -0.483 e. The number of ether oxygens (including phenoxy) is 1. The Labute approximate surface area is 150 Å². The molecule has 0 spiro atoms. The van der Waals surface area contributed by atoms with Gasteiger partial charge in [0, 0.05) is 12.1 Å². The van der Waals surface area contributed by atoms with Crippen LogP contribution < -0.4 is 10.1 Å². The summed E-state index contributed by atoms with van der Waals surface area (Å²) < 4.78 is 18.8. The number of hydrogen-bond acceptors (Lipinski definition) is 3. The van der Waals surface area contributed by atoms with E-state index >= 15 is 0 Å². The molecular formula is C21H18FNO3.